The Hall–Kier alpha value is -0.820. The normalized spacial score (nSPS) is 22.6. The third kappa shape index (κ3) is 6.56. The second-order valence-electron chi connectivity index (χ2n) is 6.78. The summed E-state index contributed by atoms with van der Waals surface area (Å²) in [7, 11) is 0. The molecule has 20 heavy (non-hydrogen) atoms. The van der Waals surface area contributed by atoms with Gasteiger partial charge in [-0.15, -0.1) is 0 Å². The zero-order valence-electron chi connectivity index (χ0n) is 12.4. The van der Waals surface area contributed by atoms with Gasteiger partial charge >= 0.3 is 6.18 Å². The van der Waals surface area contributed by atoms with Crippen LogP contribution in [0.4, 0.5) is 13.2 Å². The Morgan fingerprint density at radius 1 is 1.20 bits per heavy atom. The van der Waals surface area contributed by atoms with Gasteiger partial charge < -0.3 is 16.0 Å². The lowest BCUT2D eigenvalue weighted by molar-refractivity contribution is -0.128. The van der Waals surface area contributed by atoms with Crippen LogP contribution in [0.1, 0.15) is 40.5 Å². The highest BCUT2D eigenvalue weighted by Gasteiger charge is 2.38. The lowest BCUT2D eigenvalue weighted by atomic mass is 9.79. The first kappa shape index (κ1) is 17.2. The maximum absolute atomic E-state index is 12.0. The molecule has 0 aromatic heterocycles. The summed E-state index contributed by atoms with van der Waals surface area (Å²) in [5.41, 5.74) is -0.224. The van der Waals surface area contributed by atoms with E-state index in [2.05, 4.69) is 43.6 Å². The molecule has 0 unspecified atom stereocenters. The number of halogens is 3. The number of piperidine rings is 1. The molecule has 7 heteroatoms. The third-order valence-corrected chi connectivity index (χ3v) is 3.17. The molecule has 1 aliphatic heterocycles. The highest BCUT2D eigenvalue weighted by Crippen LogP contribution is 2.28. The molecule has 1 amide bonds. The van der Waals surface area contributed by atoms with Gasteiger partial charge in [-0.2, -0.15) is 13.2 Å². The van der Waals surface area contributed by atoms with E-state index in [-0.39, 0.29) is 23.7 Å². The van der Waals surface area contributed by atoms with Crippen LogP contribution in [0, 0.1) is 0 Å². The quantitative estimate of drug-likeness (QED) is 0.738. The Labute approximate surface area is 117 Å². The summed E-state index contributed by atoms with van der Waals surface area (Å²) >= 11 is 0. The molecule has 0 spiro atoms. The molecule has 3 N–H and O–H groups in total. The van der Waals surface area contributed by atoms with Crippen LogP contribution >= 0.6 is 0 Å². The Morgan fingerprint density at radius 2 is 1.70 bits per heavy atom. The Bertz CT molecular complexity index is 337. The molecule has 0 aliphatic carbocycles. The van der Waals surface area contributed by atoms with Crippen molar-refractivity contribution >= 4 is 5.91 Å². The molecule has 1 heterocycles. The Kier molecular flexibility index (Phi) is 5.08. The molecule has 1 saturated heterocycles. The highest BCUT2D eigenvalue weighted by atomic mass is 19.4. The molecule has 1 fully saturated rings. The van der Waals surface area contributed by atoms with Crippen LogP contribution < -0.4 is 16.0 Å². The average molecular weight is 295 g/mol. The smallest absolute Gasteiger partial charge is 0.352 e. The number of carbonyl (C=O) groups excluding carboxylic acids is 1. The van der Waals surface area contributed by atoms with Gasteiger partial charge in [0.05, 0.1) is 13.1 Å². The van der Waals surface area contributed by atoms with Crippen LogP contribution in [0.2, 0.25) is 0 Å². The zero-order chi connectivity index (χ0) is 15.6. The van der Waals surface area contributed by atoms with Gasteiger partial charge in [0.2, 0.25) is 5.91 Å². The van der Waals surface area contributed by atoms with E-state index in [1.165, 1.54) is 0 Å². The average Bonchev–Trinajstić information content (AvgIpc) is 2.08. The van der Waals surface area contributed by atoms with Gasteiger partial charge in [0.15, 0.2) is 0 Å². The summed E-state index contributed by atoms with van der Waals surface area (Å²) in [6, 6.07) is -0.0264. The third-order valence-electron chi connectivity index (χ3n) is 3.17. The van der Waals surface area contributed by atoms with Crippen molar-refractivity contribution in [1.82, 2.24) is 16.0 Å². The first-order valence-electron chi connectivity index (χ1n) is 6.75. The fourth-order valence-electron chi connectivity index (χ4n) is 3.02. The number of alkyl halides is 3. The number of hydrogen-bond acceptors (Lipinski definition) is 3. The predicted octanol–water partition coefficient (Wildman–Crippen LogP) is 1.56. The van der Waals surface area contributed by atoms with E-state index in [4.69, 9.17) is 0 Å². The van der Waals surface area contributed by atoms with Crippen molar-refractivity contribution in [2.75, 3.05) is 13.1 Å². The van der Waals surface area contributed by atoms with Crippen molar-refractivity contribution < 1.29 is 18.0 Å². The fraction of sp³-hybridized carbons (Fsp3) is 0.923. The van der Waals surface area contributed by atoms with E-state index < -0.39 is 18.6 Å². The summed E-state index contributed by atoms with van der Waals surface area (Å²) in [6.07, 6.45) is -2.79. The van der Waals surface area contributed by atoms with Crippen molar-refractivity contribution in [1.29, 1.82) is 0 Å². The molecule has 118 valence electrons. The van der Waals surface area contributed by atoms with Gasteiger partial charge in [0, 0.05) is 17.1 Å². The maximum atomic E-state index is 12.0. The number of amides is 1. The molecule has 0 aromatic rings. The minimum Gasteiger partial charge on any atom is -0.352 e. The summed E-state index contributed by atoms with van der Waals surface area (Å²) in [5, 5.41) is 8.39. The van der Waals surface area contributed by atoms with Crippen LogP contribution in [-0.2, 0) is 4.79 Å². The van der Waals surface area contributed by atoms with Gasteiger partial charge in [0.25, 0.3) is 0 Å². The summed E-state index contributed by atoms with van der Waals surface area (Å²) in [6.45, 7) is 6.74. The fourth-order valence-corrected chi connectivity index (χ4v) is 3.02. The Morgan fingerprint density at radius 3 is 2.15 bits per heavy atom. The van der Waals surface area contributed by atoms with Crippen LogP contribution in [0.5, 0.6) is 0 Å². The Balaban J connectivity index is 2.41. The predicted molar refractivity (Wildman–Crippen MR) is 71.4 cm³/mol. The SMILES string of the molecule is CC1(C)CC(NC(=O)CNCC(F)(F)F)CC(C)(C)N1. The van der Waals surface area contributed by atoms with Crippen molar-refractivity contribution in [3.63, 3.8) is 0 Å². The van der Waals surface area contributed by atoms with Crippen molar-refractivity contribution in [2.45, 2.75) is 63.8 Å². The molecule has 4 nitrogen and oxygen atoms in total. The van der Waals surface area contributed by atoms with Gasteiger partial charge in [-0.3, -0.25) is 4.79 Å². The molecule has 0 atom stereocenters. The topological polar surface area (TPSA) is 53.2 Å². The van der Waals surface area contributed by atoms with Crippen molar-refractivity contribution in [2.24, 2.45) is 0 Å². The highest BCUT2D eigenvalue weighted by molar-refractivity contribution is 5.78. The molecule has 0 bridgehead atoms. The largest absolute Gasteiger partial charge is 0.401 e. The molecule has 1 aliphatic rings. The van der Waals surface area contributed by atoms with E-state index in [0.29, 0.717) is 0 Å². The van der Waals surface area contributed by atoms with Gasteiger partial charge in [-0.25, -0.2) is 0 Å². The van der Waals surface area contributed by atoms with E-state index in [9.17, 15) is 18.0 Å². The minimum atomic E-state index is -4.29. The van der Waals surface area contributed by atoms with Crippen LogP contribution in [0.3, 0.4) is 0 Å². The van der Waals surface area contributed by atoms with E-state index in [1.807, 2.05) is 0 Å². The van der Waals surface area contributed by atoms with Gasteiger partial charge in [-0.05, 0) is 40.5 Å². The van der Waals surface area contributed by atoms with Crippen LogP contribution in [-0.4, -0.2) is 42.3 Å². The van der Waals surface area contributed by atoms with Crippen LogP contribution in [0.25, 0.3) is 0 Å². The number of hydrogen-bond donors (Lipinski definition) is 3. The number of rotatable bonds is 4. The molecule has 0 aromatic carbocycles. The standard InChI is InChI=1S/C13H24F3N3O/c1-11(2)5-9(6-12(3,4)19-11)18-10(20)7-17-8-13(14,15)16/h9,17,19H,5-8H2,1-4H3,(H,18,20). The summed E-state index contributed by atoms with van der Waals surface area (Å²) in [4.78, 5) is 11.7. The van der Waals surface area contributed by atoms with Crippen LogP contribution in [0.15, 0.2) is 0 Å². The number of nitrogens with one attached hydrogen (secondary N) is 3. The minimum absolute atomic E-state index is 0.0264. The van der Waals surface area contributed by atoms with Crippen molar-refractivity contribution in [3.8, 4) is 0 Å². The molecular weight excluding hydrogens is 271 g/mol. The van der Waals surface area contributed by atoms with E-state index >= 15 is 0 Å². The monoisotopic (exact) mass is 295 g/mol. The second-order valence-corrected chi connectivity index (χ2v) is 6.78. The first-order valence-corrected chi connectivity index (χ1v) is 6.75. The molecule has 1 rings (SSSR count). The molecular formula is C13H24F3N3O. The second kappa shape index (κ2) is 5.89. The maximum Gasteiger partial charge on any atom is 0.401 e. The van der Waals surface area contributed by atoms with Gasteiger partial charge in [-0.1, -0.05) is 0 Å². The lowest BCUT2D eigenvalue weighted by Crippen LogP contribution is -2.62. The molecule has 0 saturated carbocycles. The first-order chi connectivity index (χ1) is 8.89. The van der Waals surface area contributed by atoms with Gasteiger partial charge in [0.1, 0.15) is 0 Å². The lowest BCUT2D eigenvalue weighted by Gasteiger charge is -2.46. The number of carbonyl (C=O) groups is 1. The van der Waals surface area contributed by atoms with Crippen molar-refractivity contribution in [3.05, 3.63) is 0 Å². The van der Waals surface area contributed by atoms with E-state index in [0.717, 1.165) is 12.8 Å². The van der Waals surface area contributed by atoms with E-state index in [1.54, 1.807) is 0 Å². The zero-order valence-corrected chi connectivity index (χ0v) is 12.4. The summed E-state index contributed by atoms with van der Waals surface area (Å²) < 4.78 is 35.9. The molecule has 0 radical (unpaired) electrons. The summed E-state index contributed by atoms with van der Waals surface area (Å²) in [5.74, 6) is -0.396.